The topological polar surface area (TPSA) is 35.9 Å². The number of para-hydroxylation sites is 4. The van der Waals surface area contributed by atoms with Crippen LogP contribution in [0.5, 0.6) is 11.5 Å². The van der Waals surface area contributed by atoms with E-state index in [0.717, 1.165) is 69.0 Å². The fourth-order valence-corrected chi connectivity index (χ4v) is 13.1. The lowest BCUT2D eigenvalue weighted by molar-refractivity contribution is -0.571. The number of imidazole rings is 1. The van der Waals surface area contributed by atoms with Crippen molar-refractivity contribution in [3.63, 3.8) is 0 Å². The van der Waals surface area contributed by atoms with Crippen molar-refractivity contribution in [2.75, 3.05) is 0 Å². The molecular formula is C66H64N4O. The summed E-state index contributed by atoms with van der Waals surface area (Å²) in [4.78, 5) is 4.78. The quantitative estimate of drug-likeness (QED) is 0.118. The molecule has 354 valence electrons. The van der Waals surface area contributed by atoms with Gasteiger partial charge in [-0.1, -0.05) is 179 Å². The van der Waals surface area contributed by atoms with Gasteiger partial charge in [-0.15, -0.1) is 0 Å². The molecule has 0 saturated carbocycles. The summed E-state index contributed by atoms with van der Waals surface area (Å²) in [5.74, 6) is 2.39. The third-order valence-electron chi connectivity index (χ3n) is 15.9. The Bertz CT molecular complexity index is 3680. The minimum Gasteiger partial charge on any atom is -0.458 e. The summed E-state index contributed by atoms with van der Waals surface area (Å²) in [7, 11) is 0. The van der Waals surface area contributed by atoms with E-state index in [1.165, 1.54) is 55.5 Å². The van der Waals surface area contributed by atoms with Crippen molar-refractivity contribution in [2.24, 2.45) is 0 Å². The lowest BCUT2D eigenvalue weighted by Gasteiger charge is -2.23. The van der Waals surface area contributed by atoms with Crippen LogP contribution in [-0.2, 0) is 27.1 Å². The van der Waals surface area contributed by atoms with Gasteiger partial charge < -0.3 is 4.74 Å². The molecule has 10 aromatic rings. The molecule has 3 aromatic heterocycles. The summed E-state index contributed by atoms with van der Waals surface area (Å²) in [6.07, 6.45) is 8.09. The molecule has 0 amide bonds. The molecule has 0 unspecified atom stereocenters. The number of rotatable bonds is 7. The molecule has 0 bridgehead atoms. The normalized spacial score (nSPS) is 16.4. The standard InChI is InChI=1S/C66H64N4O/c1-62(2,3)44-35-45(37-47(36-44)71-46-28-29-51-50-19-12-13-22-56(50)70(59(51)38-46)60-25-16-17-32-67-60)68-41-69(58-24-15-14-23-57(58)68)61-48(42-26-30-52-54(33-42)65(8,9)39-63(52,4)5)20-18-21-49(61)43-27-31-53-55(34-43)66(10,11)40-64(53,6)7/h12-38H,39-40H2,1-11H3. The van der Waals surface area contributed by atoms with Gasteiger partial charge in [-0.2, -0.15) is 0 Å². The number of fused-ring (bicyclic) bond motifs is 6. The van der Waals surface area contributed by atoms with Crippen molar-refractivity contribution in [3.8, 4) is 50.9 Å². The van der Waals surface area contributed by atoms with Crippen LogP contribution in [0.2, 0.25) is 0 Å². The molecule has 12 rings (SSSR count). The third kappa shape index (κ3) is 7.33. The van der Waals surface area contributed by atoms with Crippen LogP contribution in [0.3, 0.4) is 0 Å². The molecule has 0 atom stereocenters. The summed E-state index contributed by atoms with van der Waals surface area (Å²) in [6.45, 7) is 26.1. The first-order valence-corrected chi connectivity index (χ1v) is 25.5. The Kier molecular flexibility index (Phi) is 9.89. The molecule has 0 radical (unpaired) electrons. The Labute approximate surface area is 419 Å². The second kappa shape index (κ2) is 15.6. The molecule has 71 heavy (non-hydrogen) atoms. The van der Waals surface area contributed by atoms with Crippen LogP contribution in [0.1, 0.15) is 117 Å². The molecule has 0 N–H and O–H groups in total. The van der Waals surface area contributed by atoms with E-state index >= 15 is 0 Å². The highest BCUT2D eigenvalue weighted by molar-refractivity contribution is 6.09. The predicted octanol–water partition coefficient (Wildman–Crippen LogP) is 16.5. The summed E-state index contributed by atoms with van der Waals surface area (Å²) in [5.41, 5.74) is 18.3. The molecule has 2 aliphatic carbocycles. The molecule has 2 aliphatic rings. The first kappa shape index (κ1) is 44.9. The van der Waals surface area contributed by atoms with E-state index in [1.54, 1.807) is 0 Å². The second-order valence-electron chi connectivity index (χ2n) is 24.2. The lowest BCUT2D eigenvalue weighted by Crippen LogP contribution is -2.31. The average Bonchev–Trinajstić information content (AvgIpc) is 3.99. The molecular weight excluding hydrogens is 865 g/mol. The lowest BCUT2D eigenvalue weighted by atomic mass is 9.82. The molecule has 5 heteroatoms. The van der Waals surface area contributed by atoms with E-state index in [9.17, 15) is 0 Å². The van der Waals surface area contributed by atoms with Crippen molar-refractivity contribution in [1.82, 2.24) is 14.1 Å². The number of aromatic nitrogens is 4. The van der Waals surface area contributed by atoms with Crippen molar-refractivity contribution in [3.05, 3.63) is 198 Å². The second-order valence-corrected chi connectivity index (χ2v) is 24.2. The Balaban J connectivity index is 1.05. The van der Waals surface area contributed by atoms with Gasteiger partial charge in [0, 0.05) is 23.0 Å². The molecule has 0 saturated heterocycles. The molecule has 5 nitrogen and oxygen atoms in total. The number of ether oxygens (including phenoxy) is 1. The Morgan fingerprint density at radius 2 is 1.11 bits per heavy atom. The monoisotopic (exact) mass is 929 g/mol. The molecule has 0 spiro atoms. The van der Waals surface area contributed by atoms with E-state index < -0.39 is 0 Å². The number of pyridine rings is 1. The van der Waals surface area contributed by atoms with Crippen molar-refractivity contribution >= 4 is 32.8 Å². The fourth-order valence-electron chi connectivity index (χ4n) is 13.1. The summed E-state index contributed by atoms with van der Waals surface area (Å²) < 4.78 is 13.8. The maximum Gasteiger partial charge on any atom is 0.269 e. The van der Waals surface area contributed by atoms with E-state index in [2.05, 4.69) is 242 Å². The maximum absolute atomic E-state index is 7.00. The van der Waals surface area contributed by atoms with E-state index in [-0.39, 0.29) is 27.1 Å². The van der Waals surface area contributed by atoms with Crippen LogP contribution >= 0.6 is 0 Å². The Morgan fingerprint density at radius 1 is 0.521 bits per heavy atom. The van der Waals surface area contributed by atoms with Gasteiger partial charge in [0.15, 0.2) is 0 Å². The average molecular weight is 929 g/mol. The van der Waals surface area contributed by atoms with Crippen LogP contribution in [-0.4, -0.2) is 14.1 Å². The van der Waals surface area contributed by atoms with Crippen LogP contribution in [0.25, 0.3) is 72.3 Å². The Hall–Kier alpha value is -7.24. The summed E-state index contributed by atoms with van der Waals surface area (Å²) in [5, 5.41) is 2.33. The van der Waals surface area contributed by atoms with Gasteiger partial charge in [-0.3, -0.25) is 13.7 Å². The highest BCUT2D eigenvalue weighted by Crippen LogP contribution is 2.52. The molecule has 3 heterocycles. The molecule has 7 aromatic carbocycles. The highest BCUT2D eigenvalue weighted by atomic mass is 16.5. The highest BCUT2D eigenvalue weighted by Gasteiger charge is 2.43. The molecule has 0 aliphatic heterocycles. The number of hydrogen-bond donors (Lipinski definition) is 0. The van der Waals surface area contributed by atoms with Gasteiger partial charge in [-0.25, -0.2) is 4.98 Å². The van der Waals surface area contributed by atoms with Gasteiger partial charge in [0.2, 0.25) is 0 Å². The van der Waals surface area contributed by atoms with E-state index in [4.69, 9.17) is 9.72 Å². The fraction of sp³-hybridized carbons (Fsp3) is 0.273. The third-order valence-corrected chi connectivity index (χ3v) is 15.9. The smallest absolute Gasteiger partial charge is 0.269 e. The van der Waals surface area contributed by atoms with Gasteiger partial charge in [0.05, 0.1) is 33.4 Å². The van der Waals surface area contributed by atoms with Gasteiger partial charge >= 0.3 is 0 Å². The summed E-state index contributed by atoms with van der Waals surface area (Å²) >= 11 is 0. The van der Waals surface area contributed by atoms with Gasteiger partial charge in [0.1, 0.15) is 17.3 Å². The van der Waals surface area contributed by atoms with Crippen LogP contribution in [0, 0.1) is 6.33 Å². The minimum atomic E-state index is -0.173. The minimum absolute atomic E-state index is 0.0570. The first-order chi connectivity index (χ1) is 33.8. The van der Waals surface area contributed by atoms with Crippen molar-refractivity contribution < 1.29 is 9.30 Å². The van der Waals surface area contributed by atoms with Gasteiger partial charge in [-0.05, 0) is 139 Å². The Morgan fingerprint density at radius 3 is 1.75 bits per heavy atom. The van der Waals surface area contributed by atoms with Gasteiger partial charge in [0.25, 0.3) is 6.33 Å². The maximum atomic E-state index is 7.00. The predicted molar refractivity (Wildman–Crippen MR) is 293 cm³/mol. The number of benzene rings is 7. The van der Waals surface area contributed by atoms with E-state index in [1.807, 2.05) is 18.3 Å². The molecule has 0 fully saturated rings. The number of nitrogens with zero attached hydrogens (tertiary/aromatic N) is 4. The van der Waals surface area contributed by atoms with Crippen LogP contribution in [0.4, 0.5) is 0 Å². The van der Waals surface area contributed by atoms with E-state index in [0.29, 0.717) is 0 Å². The largest absolute Gasteiger partial charge is 0.458 e. The zero-order valence-electron chi connectivity index (χ0n) is 43.2. The zero-order valence-corrected chi connectivity index (χ0v) is 43.2. The number of hydrogen-bond acceptors (Lipinski definition) is 2. The van der Waals surface area contributed by atoms with Crippen LogP contribution in [0.15, 0.2) is 164 Å². The zero-order chi connectivity index (χ0) is 49.4. The SMILES string of the molecule is CC(C)(C)c1cc(Oc2ccc3c4ccccc4n(-c4ccccn4)c3c2)cc(-n2[c-][n+](-c3c(-c4ccc5c(c4)C(C)(C)CC5(C)C)cccc3-c3ccc4c(c3)C(C)(C)CC4(C)C)c3ccccc32)c1. The van der Waals surface area contributed by atoms with Crippen molar-refractivity contribution in [1.29, 1.82) is 0 Å². The summed E-state index contributed by atoms with van der Waals surface area (Å²) in [6, 6.07) is 57.8. The first-order valence-electron chi connectivity index (χ1n) is 25.5. The van der Waals surface area contributed by atoms with Crippen LogP contribution < -0.4 is 9.30 Å². The van der Waals surface area contributed by atoms with Crippen molar-refractivity contribution in [2.45, 2.75) is 116 Å².